The van der Waals surface area contributed by atoms with Gasteiger partial charge in [0.2, 0.25) is 5.91 Å². The van der Waals surface area contributed by atoms with Gasteiger partial charge in [-0.05, 0) is 50.8 Å². The predicted octanol–water partition coefficient (Wildman–Crippen LogP) is 2.26. The van der Waals surface area contributed by atoms with Gasteiger partial charge in [-0.15, -0.1) is 0 Å². The van der Waals surface area contributed by atoms with E-state index in [1.54, 1.807) is 7.11 Å². The topological polar surface area (TPSA) is 50.4 Å². The lowest BCUT2D eigenvalue weighted by Gasteiger charge is -2.24. The smallest absolute Gasteiger partial charge is 0.224 e. The van der Waals surface area contributed by atoms with Crippen LogP contribution in [0.25, 0.3) is 0 Å². The van der Waals surface area contributed by atoms with Gasteiger partial charge in [0.1, 0.15) is 5.75 Å². The highest BCUT2D eigenvalue weighted by Gasteiger charge is 2.57. The Morgan fingerprint density at radius 3 is 2.81 bits per heavy atom. The number of benzene rings is 1. The second kappa shape index (κ2) is 5.68. The molecule has 4 heteroatoms. The number of carbonyl (C=O) groups is 1. The van der Waals surface area contributed by atoms with Crippen LogP contribution < -0.4 is 15.4 Å². The van der Waals surface area contributed by atoms with Crippen molar-refractivity contribution in [3.63, 3.8) is 0 Å². The van der Waals surface area contributed by atoms with Gasteiger partial charge in [0.05, 0.1) is 13.2 Å². The van der Waals surface area contributed by atoms with Crippen LogP contribution >= 0.6 is 0 Å². The summed E-state index contributed by atoms with van der Waals surface area (Å²) in [6, 6.07) is 7.85. The third-order valence-corrected chi connectivity index (χ3v) is 5.07. The second-order valence-electron chi connectivity index (χ2n) is 6.34. The standard InChI is InChI=1S/C17H24N2O2/c1-12(13-5-3-4-6-15(13)21-2)19-16(20)14-11-17(14)7-9-18-10-8-17/h3-6,12,14,18H,7-11H2,1-2H3,(H,19,20)/t12-,14?/m1/s1. The van der Waals surface area contributed by atoms with Crippen molar-refractivity contribution in [1.29, 1.82) is 0 Å². The monoisotopic (exact) mass is 288 g/mol. The average molecular weight is 288 g/mol. The van der Waals surface area contributed by atoms with Crippen molar-refractivity contribution in [2.45, 2.75) is 32.2 Å². The molecule has 1 saturated carbocycles. The largest absolute Gasteiger partial charge is 0.496 e. The summed E-state index contributed by atoms with van der Waals surface area (Å²) in [7, 11) is 1.66. The molecular weight excluding hydrogens is 264 g/mol. The molecule has 1 amide bonds. The van der Waals surface area contributed by atoms with Crippen LogP contribution in [0.15, 0.2) is 24.3 Å². The minimum absolute atomic E-state index is 0.0204. The molecule has 4 nitrogen and oxygen atoms in total. The normalized spacial score (nSPS) is 24.4. The summed E-state index contributed by atoms with van der Waals surface area (Å²) in [6.07, 6.45) is 3.32. The Bertz CT molecular complexity index is 523. The summed E-state index contributed by atoms with van der Waals surface area (Å²) in [5.41, 5.74) is 1.32. The molecule has 0 aromatic heterocycles. The maximum absolute atomic E-state index is 12.5. The summed E-state index contributed by atoms with van der Waals surface area (Å²) in [5, 5.41) is 6.54. The Morgan fingerprint density at radius 1 is 1.38 bits per heavy atom. The zero-order valence-corrected chi connectivity index (χ0v) is 12.8. The van der Waals surface area contributed by atoms with E-state index in [1.165, 1.54) is 0 Å². The molecule has 114 valence electrons. The molecule has 0 radical (unpaired) electrons. The molecule has 1 spiro atoms. The van der Waals surface area contributed by atoms with E-state index >= 15 is 0 Å². The number of hydrogen-bond acceptors (Lipinski definition) is 3. The predicted molar refractivity (Wildman–Crippen MR) is 82.2 cm³/mol. The maximum atomic E-state index is 12.5. The van der Waals surface area contributed by atoms with Gasteiger partial charge in [-0.25, -0.2) is 0 Å². The summed E-state index contributed by atoms with van der Waals surface area (Å²) in [4.78, 5) is 12.5. The van der Waals surface area contributed by atoms with Gasteiger partial charge >= 0.3 is 0 Å². The van der Waals surface area contributed by atoms with Crippen LogP contribution in [0, 0.1) is 11.3 Å². The van der Waals surface area contributed by atoms with E-state index in [0.717, 1.165) is 43.7 Å². The zero-order chi connectivity index (χ0) is 14.9. The molecule has 1 aromatic rings. The van der Waals surface area contributed by atoms with E-state index in [1.807, 2.05) is 31.2 Å². The maximum Gasteiger partial charge on any atom is 0.224 e. The molecule has 1 aliphatic heterocycles. The average Bonchev–Trinajstić information content (AvgIpc) is 3.21. The molecule has 1 heterocycles. The Labute approximate surface area is 126 Å². The van der Waals surface area contributed by atoms with E-state index in [4.69, 9.17) is 4.74 Å². The third-order valence-electron chi connectivity index (χ3n) is 5.07. The van der Waals surface area contributed by atoms with E-state index in [2.05, 4.69) is 10.6 Å². The van der Waals surface area contributed by atoms with Crippen molar-refractivity contribution >= 4 is 5.91 Å². The van der Waals surface area contributed by atoms with Gasteiger partial charge in [-0.3, -0.25) is 4.79 Å². The molecule has 2 aliphatic rings. The fourth-order valence-corrected chi connectivity index (χ4v) is 3.61. The number of para-hydroxylation sites is 1. The molecule has 2 fully saturated rings. The minimum Gasteiger partial charge on any atom is -0.496 e. The van der Waals surface area contributed by atoms with Gasteiger partial charge < -0.3 is 15.4 Å². The highest BCUT2D eigenvalue weighted by atomic mass is 16.5. The lowest BCUT2D eigenvalue weighted by molar-refractivity contribution is -0.123. The van der Waals surface area contributed by atoms with Crippen LogP contribution in [-0.4, -0.2) is 26.1 Å². The molecule has 2 atom stereocenters. The highest BCUT2D eigenvalue weighted by Crippen LogP contribution is 2.58. The number of nitrogens with one attached hydrogen (secondary N) is 2. The van der Waals surface area contributed by atoms with Crippen LogP contribution in [0.1, 0.15) is 37.8 Å². The van der Waals surface area contributed by atoms with Gasteiger partial charge in [0.15, 0.2) is 0 Å². The van der Waals surface area contributed by atoms with Crippen molar-refractivity contribution in [3.05, 3.63) is 29.8 Å². The van der Waals surface area contributed by atoms with E-state index in [0.29, 0.717) is 0 Å². The summed E-state index contributed by atoms with van der Waals surface area (Å²) in [6.45, 7) is 4.12. The molecular formula is C17H24N2O2. The summed E-state index contributed by atoms with van der Waals surface area (Å²) >= 11 is 0. The molecule has 1 saturated heterocycles. The van der Waals surface area contributed by atoms with Gasteiger partial charge in [0, 0.05) is 11.5 Å². The SMILES string of the molecule is COc1ccccc1[C@@H](C)NC(=O)C1CC12CCNCC2. The Hall–Kier alpha value is -1.55. The van der Waals surface area contributed by atoms with E-state index < -0.39 is 0 Å². The first kappa shape index (κ1) is 14.4. The van der Waals surface area contributed by atoms with Crippen molar-refractivity contribution in [1.82, 2.24) is 10.6 Å². The Balaban J connectivity index is 1.63. The summed E-state index contributed by atoms with van der Waals surface area (Å²) in [5.74, 6) is 1.24. The molecule has 1 aromatic carbocycles. The van der Waals surface area contributed by atoms with Gasteiger partial charge in [-0.2, -0.15) is 0 Å². The van der Waals surface area contributed by atoms with Crippen LogP contribution in [-0.2, 0) is 4.79 Å². The Kier molecular flexibility index (Phi) is 3.89. The minimum atomic E-state index is -0.0204. The first-order valence-electron chi connectivity index (χ1n) is 7.80. The van der Waals surface area contributed by atoms with E-state index in [-0.39, 0.29) is 23.3 Å². The number of amides is 1. The molecule has 21 heavy (non-hydrogen) atoms. The number of ether oxygens (including phenoxy) is 1. The molecule has 0 bridgehead atoms. The lowest BCUT2D eigenvalue weighted by atomic mass is 9.91. The fraction of sp³-hybridized carbons (Fsp3) is 0.588. The lowest BCUT2D eigenvalue weighted by Crippen LogP contribution is -2.34. The highest BCUT2D eigenvalue weighted by molar-refractivity contribution is 5.83. The van der Waals surface area contributed by atoms with Crippen LogP contribution in [0.5, 0.6) is 5.75 Å². The van der Waals surface area contributed by atoms with Crippen molar-refractivity contribution in [2.75, 3.05) is 20.2 Å². The first-order valence-corrected chi connectivity index (χ1v) is 7.80. The van der Waals surface area contributed by atoms with Crippen LogP contribution in [0.3, 0.4) is 0 Å². The fourth-order valence-electron chi connectivity index (χ4n) is 3.61. The summed E-state index contributed by atoms with van der Waals surface area (Å²) < 4.78 is 5.37. The number of carbonyl (C=O) groups excluding carboxylic acids is 1. The van der Waals surface area contributed by atoms with Gasteiger partial charge in [0.25, 0.3) is 0 Å². The van der Waals surface area contributed by atoms with Crippen molar-refractivity contribution < 1.29 is 9.53 Å². The van der Waals surface area contributed by atoms with Crippen molar-refractivity contribution in [2.24, 2.45) is 11.3 Å². The van der Waals surface area contributed by atoms with E-state index in [9.17, 15) is 4.79 Å². The number of methoxy groups -OCH3 is 1. The molecule has 1 unspecified atom stereocenters. The van der Waals surface area contributed by atoms with Crippen molar-refractivity contribution in [3.8, 4) is 5.75 Å². The van der Waals surface area contributed by atoms with Crippen LogP contribution in [0.2, 0.25) is 0 Å². The quantitative estimate of drug-likeness (QED) is 0.893. The molecule has 1 aliphatic carbocycles. The third kappa shape index (κ3) is 2.77. The zero-order valence-electron chi connectivity index (χ0n) is 12.8. The number of hydrogen-bond donors (Lipinski definition) is 2. The second-order valence-corrected chi connectivity index (χ2v) is 6.34. The molecule has 2 N–H and O–H groups in total. The Morgan fingerprint density at radius 2 is 2.10 bits per heavy atom. The van der Waals surface area contributed by atoms with Gasteiger partial charge in [-0.1, -0.05) is 18.2 Å². The molecule has 3 rings (SSSR count). The number of rotatable bonds is 4. The first-order chi connectivity index (χ1) is 10.2. The number of piperidine rings is 1. The van der Waals surface area contributed by atoms with Crippen LogP contribution in [0.4, 0.5) is 0 Å².